The quantitative estimate of drug-likeness (QED) is 0.711. The Morgan fingerprint density at radius 1 is 1.22 bits per heavy atom. The van der Waals surface area contributed by atoms with Crippen LogP contribution in [-0.2, 0) is 31.3 Å². The van der Waals surface area contributed by atoms with E-state index in [1.807, 2.05) is 43.3 Å². The molecule has 0 saturated carbocycles. The van der Waals surface area contributed by atoms with Crippen molar-refractivity contribution in [2.45, 2.75) is 26.4 Å². The molecule has 2 aliphatic heterocycles. The molecule has 0 radical (unpaired) electrons. The fourth-order valence-corrected chi connectivity index (χ4v) is 4.45. The number of hydrogen-bond donors (Lipinski definition) is 0. The van der Waals surface area contributed by atoms with Crippen LogP contribution in [0.4, 0.5) is 0 Å². The number of rotatable bonds is 3. The predicted octanol–water partition coefficient (Wildman–Crippen LogP) is 2.26. The lowest BCUT2D eigenvalue weighted by Crippen LogP contribution is -2.39. The van der Waals surface area contributed by atoms with Crippen LogP contribution in [0.1, 0.15) is 17.3 Å². The Kier molecular flexibility index (Phi) is 3.94. The first-order valence-corrected chi connectivity index (χ1v) is 9.49. The summed E-state index contributed by atoms with van der Waals surface area (Å²) in [6, 6.07) is 4.11. The average molecular weight is 367 g/mol. The van der Waals surface area contributed by atoms with Crippen molar-refractivity contribution in [1.82, 2.24) is 24.2 Å². The summed E-state index contributed by atoms with van der Waals surface area (Å²) in [6.07, 6.45) is 6.87. The number of ether oxygens (including phenoxy) is 1. The summed E-state index contributed by atoms with van der Waals surface area (Å²) >= 11 is 0. The van der Waals surface area contributed by atoms with Gasteiger partial charge in [0.05, 0.1) is 37.8 Å². The summed E-state index contributed by atoms with van der Waals surface area (Å²) in [4.78, 5) is 7.17. The summed E-state index contributed by atoms with van der Waals surface area (Å²) in [5.41, 5.74) is 2.33. The molecule has 1 fully saturated rings. The van der Waals surface area contributed by atoms with E-state index in [-0.39, 0.29) is 5.41 Å². The van der Waals surface area contributed by atoms with Gasteiger partial charge in [0.1, 0.15) is 17.3 Å². The molecule has 1 unspecified atom stereocenters. The third-order valence-corrected chi connectivity index (χ3v) is 5.66. The van der Waals surface area contributed by atoms with Crippen molar-refractivity contribution in [3.05, 3.63) is 48.1 Å². The molecule has 2 aliphatic rings. The molecule has 142 valence electrons. The van der Waals surface area contributed by atoms with E-state index in [0.717, 1.165) is 74.4 Å². The monoisotopic (exact) mass is 367 g/mol. The Hall–Kier alpha value is -2.38. The standard InChI is InChI=1S/C20H25N5O2/c1-15-3-4-17(27-15)11-24-5-6-26-14-20(12-24)7-19-21-9-18(25(19)13-20)16-8-22-23(2)10-16/h3-4,8-10H,5-7,11-14H2,1-2H3. The van der Waals surface area contributed by atoms with Gasteiger partial charge in [-0.1, -0.05) is 0 Å². The molecule has 0 aliphatic carbocycles. The molecular formula is C20H25N5O2. The zero-order valence-electron chi connectivity index (χ0n) is 15.9. The zero-order valence-corrected chi connectivity index (χ0v) is 15.9. The summed E-state index contributed by atoms with van der Waals surface area (Å²) in [5, 5.41) is 4.31. The van der Waals surface area contributed by atoms with E-state index in [0.29, 0.717) is 0 Å². The van der Waals surface area contributed by atoms with Crippen molar-refractivity contribution in [3.8, 4) is 11.3 Å². The van der Waals surface area contributed by atoms with Crippen molar-refractivity contribution in [3.63, 3.8) is 0 Å². The molecule has 1 spiro atoms. The van der Waals surface area contributed by atoms with Crippen LogP contribution in [-0.4, -0.2) is 50.5 Å². The number of aryl methyl sites for hydroxylation is 2. The molecule has 7 nitrogen and oxygen atoms in total. The highest BCUT2D eigenvalue weighted by Crippen LogP contribution is 2.38. The number of nitrogens with zero attached hydrogens (tertiary/aromatic N) is 5. The highest BCUT2D eigenvalue weighted by Gasteiger charge is 2.42. The van der Waals surface area contributed by atoms with E-state index in [2.05, 4.69) is 20.6 Å². The van der Waals surface area contributed by atoms with Crippen molar-refractivity contribution < 1.29 is 9.15 Å². The number of furan rings is 1. The van der Waals surface area contributed by atoms with Gasteiger partial charge in [-0.2, -0.15) is 5.10 Å². The fraction of sp³-hybridized carbons (Fsp3) is 0.500. The molecule has 1 saturated heterocycles. The lowest BCUT2D eigenvalue weighted by Gasteiger charge is -2.30. The minimum atomic E-state index is 0.0681. The van der Waals surface area contributed by atoms with Crippen molar-refractivity contribution >= 4 is 0 Å². The minimum Gasteiger partial charge on any atom is -0.465 e. The van der Waals surface area contributed by atoms with Gasteiger partial charge in [-0.25, -0.2) is 4.98 Å². The second kappa shape index (κ2) is 6.35. The molecule has 3 aromatic heterocycles. The third-order valence-electron chi connectivity index (χ3n) is 5.66. The fourth-order valence-electron chi connectivity index (χ4n) is 4.45. The smallest absolute Gasteiger partial charge is 0.118 e. The maximum atomic E-state index is 6.03. The van der Waals surface area contributed by atoms with E-state index >= 15 is 0 Å². The Balaban J connectivity index is 1.38. The van der Waals surface area contributed by atoms with Gasteiger partial charge in [0.2, 0.25) is 0 Å². The highest BCUT2D eigenvalue weighted by atomic mass is 16.5. The van der Waals surface area contributed by atoms with Gasteiger partial charge in [-0.3, -0.25) is 9.58 Å². The molecule has 0 aromatic carbocycles. The molecule has 5 heterocycles. The summed E-state index contributed by atoms with van der Waals surface area (Å²) in [7, 11) is 1.94. The minimum absolute atomic E-state index is 0.0681. The predicted molar refractivity (Wildman–Crippen MR) is 100 cm³/mol. The summed E-state index contributed by atoms with van der Waals surface area (Å²) < 4.78 is 16.0. The molecule has 27 heavy (non-hydrogen) atoms. The van der Waals surface area contributed by atoms with Crippen LogP contribution < -0.4 is 0 Å². The highest BCUT2D eigenvalue weighted by molar-refractivity contribution is 5.57. The second-order valence-corrected chi connectivity index (χ2v) is 8.00. The van der Waals surface area contributed by atoms with Gasteiger partial charge < -0.3 is 13.7 Å². The van der Waals surface area contributed by atoms with E-state index in [4.69, 9.17) is 14.1 Å². The normalized spacial score (nSPS) is 23.0. The first-order valence-electron chi connectivity index (χ1n) is 9.49. The van der Waals surface area contributed by atoms with Crippen molar-refractivity contribution in [2.75, 3.05) is 26.3 Å². The maximum absolute atomic E-state index is 6.03. The van der Waals surface area contributed by atoms with Gasteiger partial charge in [-0.05, 0) is 19.1 Å². The summed E-state index contributed by atoms with van der Waals surface area (Å²) in [6.45, 7) is 7.21. The van der Waals surface area contributed by atoms with Crippen LogP contribution >= 0.6 is 0 Å². The van der Waals surface area contributed by atoms with E-state index in [1.54, 1.807) is 0 Å². The Morgan fingerprint density at radius 2 is 2.15 bits per heavy atom. The molecule has 7 heteroatoms. The van der Waals surface area contributed by atoms with E-state index in [1.165, 1.54) is 0 Å². The lowest BCUT2D eigenvalue weighted by atomic mass is 9.86. The second-order valence-electron chi connectivity index (χ2n) is 8.00. The van der Waals surface area contributed by atoms with Crippen molar-refractivity contribution in [1.29, 1.82) is 0 Å². The molecule has 5 rings (SSSR count). The third kappa shape index (κ3) is 3.11. The van der Waals surface area contributed by atoms with Gasteiger partial charge in [0.25, 0.3) is 0 Å². The zero-order chi connectivity index (χ0) is 18.4. The maximum Gasteiger partial charge on any atom is 0.118 e. The number of aromatic nitrogens is 4. The van der Waals surface area contributed by atoms with Gasteiger partial charge in [0, 0.05) is 50.3 Å². The van der Waals surface area contributed by atoms with Crippen molar-refractivity contribution in [2.24, 2.45) is 12.5 Å². The SMILES string of the molecule is Cc1ccc(CN2CCOCC3(Cc4ncc(-c5cnn(C)c5)n4C3)C2)o1. The Morgan fingerprint density at radius 3 is 2.93 bits per heavy atom. The molecule has 0 N–H and O–H groups in total. The lowest BCUT2D eigenvalue weighted by molar-refractivity contribution is 0.0665. The molecule has 0 bridgehead atoms. The summed E-state index contributed by atoms with van der Waals surface area (Å²) in [5.74, 6) is 3.14. The van der Waals surface area contributed by atoms with Gasteiger partial charge in [0.15, 0.2) is 0 Å². The van der Waals surface area contributed by atoms with E-state index < -0.39 is 0 Å². The average Bonchev–Trinajstić information content (AvgIpc) is 3.35. The number of imidazole rings is 1. The molecule has 0 amide bonds. The first kappa shape index (κ1) is 16.8. The van der Waals surface area contributed by atoms with Crippen LogP contribution in [0.5, 0.6) is 0 Å². The Labute approximate surface area is 158 Å². The van der Waals surface area contributed by atoms with Gasteiger partial charge in [-0.15, -0.1) is 0 Å². The van der Waals surface area contributed by atoms with E-state index in [9.17, 15) is 0 Å². The van der Waals surface area contributed by atoms with Crippen LogP contribution in [0, 0.1) is 12.3 Å². The molecule has 1 atom stereocenters. The Bertz CT molecular complexity index is 955. The molecule has 3 aromatic rings. The van der Waals surface area contributed by atoms with Gasteiger partial charge >= 0.3 is 0 Å². The van der Waals surface area contributed by atoms with Crippen LogP contribution in [0.3, 0.4) is 0 Å². The topological polar surface area (TPSA) is 61.2 Å². The number of hydrogen-bond acceptors (Lipinski definition) is 5. The van der Waals surface area contributed by atoms with Crippen LogP contribution in [0.15, 0.2) is 35.1 Å². The molecular weight excluding hydrogens is 342 g/mol. The first-order chi connectivity index (χ1) is 13.1. The largest absolute Gasteiger partial charge is 0.465 e. The van der Waals surface area contributed by atoms with Crippen LogP contribution in [0.2, 0.25) is 0 Å². The number of fused-ring (bicyclic) bond motifs is 1. The van der Waals surface area contributed by atoms with Crippen LogP contribution in [0.25, 0.3) is 11.3 Å².